The molecule has 2 N–H and O–H groups in total. The molecule has 3 heteroatoms. The Bertz CT molecular complexity index is 142. The number of rotatable bonds is 2. The first-order valence-electron chi connectivity index (χ1n) is 2.89. The molecule has 0 saturated heterocycles. The summed E-state index contributed by atoms with van der Waals surface area (Å²) >= 11 is 0. The van der Waals surface area contributed by atoms with Gasteiger partial charge in [-0.1, -0.05) is 6.08 Å². The van der Waals surface area contributed by atoms with E-state index in [1.165, 1.54) is 0 Å². The van der Waals surface area contributed by atoms with E-state index in [-0.39, 0.29) is 18.6 Å². The Hall–Kier alpha value is -0.830. The van der Waals surface area contributed by atoms with Crippen LogP contribution in [0.5, 0.6) is 0 Å². The molecule has 1 unspecified atom stereocenters. The summed E-state index contributed by atoms with van der Waals surface area (Å²) in [5.74, 6) is -0.329. The molecular formula is C6H9NO2. The molecule has 0 fully saturated rings. The van der Waals surface area contributed by atoms with Crippen LogP contribution in [0.2, 0.25) is 0 Å². The lowest BCUT2D eigenvalue weighted by atomic mass is 10.1. The maximum absolute atomic E-state index is 10.4. The molecular weight excluding hydrogens is 118 g/mol. The van der Waals surface area contributed by atoms with Crippen molar-refractivity contribution in [3.8, 4) is 0 Å². The van der Waals surface area contributed by atoms with E-state index < -0.39 is 0 Å². The van der Waals surface area contributed by atoms with Gasteiger partial charge in [-0.15, -0.1) is 0 Å². The average molecular weight is 127 g/mol. The lowest BCUT2D eigenvalue weighted by Crippen LogP contribution is -2.25. The molecule has 0 aromatic carbocycles. The van der Waals surface area contributed by atoms with Gasteiger partial charge in [-0.3, -0.25) is 4.79 Å². The smallest absolute Gasteiger partial charge is 0.320 e. The van der Waals surface area contributed by atoms with Gasteiger partial charge in [-0.2, -0.15) is 0 Å². The molecule has 0 saturated carbocycles. The van der Waals surface area contributed by atoms with Gasteiger partial charge in [-0.25, -0.2) is 0 Å². The highest BCUT2D eigenvalue weighted by atomic mass is 16.5. The van der Waals surface area contributed by atoms with Gasteiger partial charge < -0.3 is 10.5 Å². The Balaban J connectivity index is 2.17. The molecule has 0 aliphatic heterocycles. The highest BCUT2D eigenvalue weighted by molar-refractivity contribution is 5.71. The van der Waals surface area contributed by atoms with E-state index >= 15 is 0 Å². The first kappa shape index (κ1) is 6.29. The number of ether oxygens (including phenoxy) is 1. The summed E-state index contributed by atoms with van der Waals surface area (Å²) in [4.78, 5) is 10.4. The third-order valence-corrected chi connectivity index (χ3v) is 1.17. The average Bonchev–Trinajstić information content (AvgIpc) is 1.78. The van der Waals surface area contributed by atoms with Crippen LogP contribution in [0.1, 0.15) is 6.42 Å². The van der Waals surface area contributed by atoms with Gasteiger partial charge in [-0.05, 0) is 6.08 Å². The minimum Gasteiger partial charge on any atom is -0.457 e. The van der Waals surface area contributed by atoms with Crippen LogP contribution in [-0.2, 0) is 9.53 Å². The normalized spacial score (nSPS) is 23.0. The maximum atomic E-state index is 10.4. The van der Waals surface area contributed by atoms with Crippen molar-refractivity contribution in [1.29, 1.82) is 0 Å². The zero-order chi connectivity index (χ0) is 6.69. The van der Waals surface area contributed by atoms with E-state index in [9.17, 15) is 4.79 Å². The van der Waals surface area contributed by atoms with Crippen LogP contribution in [-0.4, -0.2) is 18.6 Å². The lowest BCUT2D eigenvalue weighted by molar-refractivity contribution is -0.145. The summed E-state index contributed by atoms with van der Waals surface area (Å²) in [5, 5.41) is 0. The van der Waals surface area contributed by atoms with Crippen LogP contribution in [0.4, 0.5) is 0 Å². The van der Waals surface area contributed by atoms with Gasteiger partial charge in [0, 0.05) is 6.42 Å². The molecule has 50 valence electrons. The molecule has 1 atom stereocenters. The number of nitrogens with two attached hydrogens (primary N) is 1. The zero-order valence-corrected chi connectivity index (χ0v) is 5.04. The minimum atomic E-state index is -0.329. The predicted molar refractivity (Wildman–Crippen MR) is 32.7 cm³/mol. The van der Waals surface area contributed by atoms with Gasteiger partial charge in [0.05, 0.1) is 6.54 Å². The van der Waals surface area contributed by atoms with Crippen LogP contribution in [0.25, 0.3) is 0 Å². The summed E-state index contributed by atoms with van der Waals surface area (Å²) in [6.45, 7) is -0.0235. The van der Waals surface area contributed by atoms with Gasteiger partial charge in [0.25, 0.3) is 0 Å². The van der Waals surface area contributed by atoms with Crippen molar-refractivity contribution in [1.82, 2.24) is 0 Å². The Kier molecular flexibility index (Phi) is 1.85. The summed E-state index contributed by atoms with van der Waals surface area (Å²) in [6.07, 6.45) is 4.63. The van der Waals surface area contributed by atoms with E-state index in [0.29, 0.717) is 0 Å². The molecule has 0 aromatic rings. The second-order valence-electron chi connectivity index (χ2n) is 1.90. The van der Waals surface area contributed by atoms with Crippen LogP contribution in [0.3, 0.4) is 0 Å². The van der Waals surface area contributed by atoms with Crippen molar-refractivity contribution in [3.63, 3.8) is 0 Å². The second-order valence-corrected chi connectivity index (χ2v) is 1.90. The maximum Gasteiger partial charge on any atom is 0.320 e. The topological polar surface area (TPSA) is 52.3 Å². The van der Waals surface area contributed by atoms with E-state index in [1.807, 2.05) is 12.2 Å². The second kappa shape index (κ2) is 2.64. The molecule has 0 radical (unpaired) electrons. The quantitative estimate of drug-likeness (QED) is 0.413. The van der Waals surface area contributed by atoms with Gasteiger partial charge in [0.2, 0.25) is 0 Å². The van der Waals surface area contributed by atoms with Crippen LogP contribution >= 0.6 is 0 Å². The van der Waals surface area contributed by atoms with Crippen molar-refractivity contribution in [2.24, 2.45) is 5.73 Å². The van der Waals surface area contributed by atoms with Gasteiger partial charge >= 0.3 is 5.97 Å². The monoisotopic (exact) mass is 127 g/mol. The molecule has 3 nitrogen and oxygen atoms in total. The minimum absolute atomic E-state index is 0.000972. The zero-order valence-electron chi connectivity index (χ0n) is 5.04. The molecule has 0 heterocycles. The third kappa shape index (κ3) is 1.54. The largest absolute Gasteiger partial charge is 0.457 e. The molecule has 1 aliphatic carbocycles. The van der Waals surface area contributed by atoms with E-state index in [2.05, 4.69) is 0 Å². The molecule has 0 aromatic heterocycles. The number of hydrogen-bond donors (Lipinski definition) is 1. The number of esters is 1. The van der Waals surface area contributed by atoms with Crippen molar-refractivity contribution < 1.29 is 9.53 Å². The SMILES string of the molecule is NCC(=O)OC1C=CC1. The molecule has 1 rings (SSSR count). The molecule has 0 amide bonds. The summed E-state index contributed by atoms with van der Waals surface area (Å²) in [6, 6.07) is 0. The first-order chi connectivity index (χ1) is 4.33. The number of carbonyl (C=O) groups excluding carboxylic acids is 1. The number of carbonyl (C=O) groups is 1. The standard InChI is InChI=1S/C6H9NO2/c7-4-6(8)9-5-2-1-3-5/h1-2,5H,3-4,7H2. The fourth-order valence-corrected chi connectivity index (χ4v) is 0.552. The van der Waals surface area contributed by atoms with E-state index in [1.54, 1.807) is 0 Å². The molecule has 9 heavy (non-hydrogen) atoms. The van der Waals surface area contributed by atoms with Crippen molar-refractivity contribution in [2.45, 2.75) is 12.5 Å². The van der Waals surface area contributed by atoms with Crippen LogP contribution in [0.15, 0.2) is 12.2 Å². The Morgan fingerprint density at radius 3 is 2.89 bits per heavy atom. The van der Waals surface area contributed by atoms with E-state index in [0.717, 1.165) is 6.42 Å². The van der Waals surface area contributed by atoms with Crippen LogP contribution in [0, 0.1) is 0 Å². The molecule has 0 bridgehead atoms. The third-order valence-electron chi connectivity index (χ3n) is 1.17. The lowest BCUT2D eigenvalue weighted by Gasteiger charge is -2.17. The fraction of sp³-hybridized carbons (Fsp3) is 0.500. The van der Waals surface area contributed by atoms with Crippen molar-refractivity contribution in [3.05, 3.63) is 12.2 Å². The van der Waals surface area contributed by atoms with E-state index in [4.69, 9.17) is 10.5 Å². The highest BCUT2D eigenvalue weighted by Crippen LogP contribution is 2.11. The van der Waals surface area contributed by atoms with Crippen molar-refractivity contribution >= 4 is 5.97 Å². The Labute approximate surface area is 53.5 Å². The Morgan fingerprint density at radius 1 is 1.89 bits per heavy atom. The first-order valence-corrected chi connectivity index (χ1v) is 2.89. The Morgan fingerprint density at radius 2 is 2.56 bits per heavy atom. The van der Waals surface area contributed by atoms with Crippen LogP contribution < -0.4 is 5.73 Å². The highest BCUT2D eigenvalue weighted by Gasteiger charge is 2.13. The van der Waals surface area contributed by atoms with Gasteiger partial charge in [0.15, 0.2) is 0 Å². The number of hydrogen-bond acceptors (Lipinski definition) is 3. The predicted octanol–water partition coefficient (Wildman–Crippen LogP) is -0.183. The van der Waals surface area contributed by atoms with Crippen molar-refractivity contribution in [2.75, 3.05) is 6.54 Å². The summed E-state index contributed by atoms with van der Waals surface area (Å²) < 4.78 is 4.78. The fourth-order valence-electron chi connectivity index (χ4n) is 0.552. The summed E-state index contributed by atoms with van der Waals surface area (Å²) in [7, 11) is 0. The molecule has 0 spiro atoms. The molecule has 1 aliphatic rings. The van der Waals surface area contributed by atoms with Gasteiger partial charge in [0.1, 0.15) is 6.10 Å². The summed E-state index contributed by atoms with van der Waals surface area (Å²) in [5.41, 5.74) is 5.00.